The molecule has 0 fully saturated rings. The molecule has 140 valence electrons. The van der Waals surface area contributed by atoms with Gasteiger partial charge in [-0.3, -0.25) is 4.79 Å². The van der Waals surface area contributed by atoms with E-state index in [4.69, 9.17) is 4.74 Å². The van der Waals surface area contributed by atoms with Crippen molar-refractivity contribution in [1.82, 2.24) is 4.57 Å². The standard InChI is InChI=1S/C21H28N2O3/c1-7-26-20(25)16-8-10-17(11-9-16)22-13-19(24)18-12-14(2)23(15(18)3)21(4,5)6/h8-12,22H,7,13H2,1-6H3. The lowest BCUT2D eigenvalue weighted by molar-refractivity contribution is 0.0526. The molecule has 2 aromatic rings. The Balaban J connectivity index is 2.07. The van der Waals surface area contributed by atoms with Crippen LogP contribution in [-0.2, 0) is 10.3 Å². The number of aryl methyl sites for hydroxylation is 1. The molecular weight excluding hydrogens is 328 g/mol. The highest BCUT2D eigenvalue weighted by molar-refractivity contribution is 6.00. The molecule has 0 saturated carbocycles. The summed E-state index contributed by atoms with van der Waals surface area (Å²) >= 11 is 0. The highest BCUT2D eigenvalue weighted by Crippen LogP contribution is 2.24. The summed E-state index contributed by atoms with van der Waals surface area (Å²) in [6.07, 6.45) is 0. The van der Waals surface area contributed by atoms with Gasteiger partial charge in [-0.05, 0) is 71.9 Å². The van der Waals surface area contributed by atoms with Crippen molar-refractivity contribution in [2.24, 2.45) is 0 Å². The van der Waals surface area contributed by atoms with E-state index in [-0.39, 0.29) is 23.8 Å². The number of aromatic nitrogens is 1. The van der Waals surface area contributed by atoms with E-state index >= 15 is 0 Å². The highest BCUT2D eigenvalue weighted by atomic mass is 16.5. The Labute approximate surface area is 155 Å². The Morgan fingerprint density at radius 3 is 2.23 bits per heavy atom. The van der Waals surface area contributed by atoms with E-state index in [1.807, 2.05) is 19.9 Å². The van der Waals surface area contributed by atoms with Gasteiger partial charge in [0.1, 0.15) is 0 Å². The number of carbonyl (C=O) groups is 2. The average Bonchev–Trinajstić information content (AvgIpc) is 2.88. The lowest BCUT2D eigenvalue weighted by atomic mass is 10.1. The molecular formula is C21H28N2O3. The van der Waals surface area contributed by atoms with Crippen LogP contribution in [0.25, 0.3) is 0 Å². The van der Waals surface area contributed by atoms with Crippen LogP contribution >= 0.6 is 0 Å². The number of ether oxygens (including phenoxy) is 1. The van der Waals surface area contributed by atoms with E-state index in [0.717, 1.165) is 22.6 Å². The van der Waals surface area contributed by atoms with Gasteiger partial charge < -0.3 is 14.6 Å². The summed E-state index contributed by atoms with van der Waals surface area (Å²) in [5.41, 5.74) is 4.03. The van der Waals surface area contributed by atoms with Crippen molar-refractivity contribution in [2.75, 3.05) is 18.5 Å². The van der Waals surface area contributed by atoms with Crippen molar-refractivity contribution in [3.63, 3.8) is 0 Å². The summed E-state index contributed by atoms with van der Waals surface area (Å²) in [7, 11) is 0. The Morgan fingerprint density at radius 2 is 1.73 bits per heavy atom. The van der Waals surface area contributed by atoms with Crippen LogP contribution in [0.4, 0.5) is 5.69 Å². The number of benzene rings is 1. The van der Waals surface area contributed by atoms with Crippen molar-refractivity contribution >= 4 is 17.4 Å². The van der Waals surface area contributed by atoms with E-state index in [1.165, 1.54) is 0 Å². The van der Waals surface area contributed by atoms with Gasteiger partial charge in [-0.2, -0.15) is 0 Å². The summed E-state index contributed by atoms with van der Waals surface area (Å²) in [4.78, 5) is 24.3. The number of ketones is 1. The fraction of sp³-hybridized carbons (Fsp3) is 0.429. The number of Topliss-reactive ketones (excluding diaryl/α,β-unsaturated/α-hetero) is 1. The smallest absolute Gasteiger partial charge is 0.338 e. The molecule has 0 aliphatic carbocycles. The second kappa shape index (κ2) is 7.77. The second-order valence-electron chi connectivity index (χ2n) is 7.37. The topological polar surface area (TPSA) is 60.3 Å². The normalized spacial score (nSPS) is 11.3. The van der Waals surface area contributed by atoms with Gasteiger partial charge in [0.2, 0.25) is 0 Å². The number of esters is 1. The molecule has 0 amide bonds. The van der Waals surface area contributed by atoms with E-state index in [9.17, 15) is 9.59 Å². The summed E-state index contributed by atoms with van der Waals surface area (Å²) < 4.78 is 7.15. The third-order valence-corrected chi connectivity index (χ3v) is 4.25. The van der Waals surface area contributed by atoms with E-state index in [0.29, 0.717) is 12.2 Å². The third kappa shape index (κ3) is 4.34. The maximum Gasteiger partial charge on any atom is 0.338 e. The Bertz CT molecular complexity index is 796. The number of rotatable bonds is 6. The first kappa shape index (κ1) is 19.8. The average molecular weight is 356 g/mol. The van der Waals surface area contributed by atoms with Gasteiger partial charge in [-0.1, -0.05) is 0 Å². The molecule has 1 aromatic heterocycles. The van der Waals surface area contributed by atoms with Crippen molar-refractivity contribution in [3.05, 3.63) is 52.8 Å². The quantitative estimate of drug-likeness (QED) is 0.618. The van der Waals surface area contributed by atoms with Crippen LogP contribution in [0.1, 0.15) is 59.8 Å². The molecule has 2 rings (SSSR count). The Morgan fingerprint density at radius 1 is 1.12 bits per heavy atom. The van der Waals surface area contributed by atoms with Crippen LogP contribution in [0, 0.1) is 13.8 Å². The largest absolute Gasteiger partial charge is 0.462 e. The number of anilines is 1. The number of nitrogens with zero attached hydrogens (tertiary/aromatic N) is 1. The molecule has 26 heavy (non-hydrogen) atoms. The zero-order valence-corrected chi connectivity index (χ0v) is 16.5. The van der Waals surface area contributed by atoms with Crippen molar-refractivity contribution in [1.29, 1.82) is 0 Å². The fourth-order valence-electron chi connectivity index (χ4n) is 3.29. The predicted octanol–water partition coefficient (Wildman–Crippen LogP) is 4.33. The lowest BCUT2D eigenvalue weighted by Gasteiger charge is -2.25. The van der Waals surface area contributed by atoms with E-state index in [1.54, 1.807) is 31.2 Å². The third-order valence-electron chi connectivity index (χ3n) is 4.25. The monoisotopic (exact) mass is 356 g/mol. The van der Waals surface area contributed by atoms with Crippen LogP contribution in [0.15, 0.2) is 30.3 Å². The Kier molecular flexibility index (Phi) is 5.90. The minimum Gasteiger partial charge on any atom is -0.462 e. The van der Waals surface area contributed by atoms with Gasteiger partial charge in [0.25, 0.3) is 0 Å². The molecule has 0 unspecified atom stereocenters. The first-order valence-electron chi connectivity index (χ1n) is 8.88. The Hall–Kier alpha value is -2.56. The van der Waals surface area contributed by atoms with Gasteiger partial charge in [-0.25, -0.2) is 4.79 Å². The number of carbonyl (C=O) groups excluding carboxylic acids is 2. The van der Waals surface area contributed by atoms with Crippen LogP contribution in [0.2, 0.25) is 0 Å². The molecule has 0 aliphatic rings. The van der Waals surface area contributed by atoms with Gasteiger partial charge in [0, 0.05) is 28.2 Å². The van der Waals surface area contributed by atoms with Crippen LogP contribution < -0.4 is 5.32 Å². The minimum atomic E-state index is -0.343. The van der Waals surface area contributed by atoms with Gasteiger partial charge in [-0.15, -0.1) is 0 Å². The van der Waals surface area contributed by atoms with E-state index in [2.05, 4.69) is 30.7 Å². The molecule has 0 saturated heterocycles. The first-order valence-corrected chi connectivity index (χ1v) is 8.88. The van der Waals surface area contributed by atoms with Gasteiger partial charge in [0.05, 0.1) is 18.7 Å². The minimum absolute atomic E-state index is 0.0445. The van der Waals surface area contributed by atoms with Crippen LogP contribution in [0.3, 0.4) is 0 Å². The lowest BCUT2D eigenvalue weighted by Crippen LogP contribution is -2.24. The van der Waals surface area contributed by atoms with Gasteiger partial charge >= 0.3 is 5.97 Å². The maximum atomic E-state index is 12.6. The van der Waals surface area contributed by atoms with Gasteiger partial charge in [0.15, 0.2) is 5.78 Å². The van der Waals surface area contributed by atoms with E-state index < -0.39 is 0 Å². The number of hydrogen-bond donors (Lipinski definition) is 1. The maximum absolute atomic E-state index is 12.6. The molecule has 0 radical (unpaired) electrons. The highest BCUT2D eigenvalue weighted by Gasteiger charge is 2.22. The molecule has 0 spiro atoms. The van der Waals surface area contributed by atoms with Crippen molar-refractivity contribution in [2.45, 2.75) is 47.1 Å². The molecule has 0 atom stereocenters. The molecule has 1 heterocycles. The van der Waals surface area contributed by atoms with Crippen LogP contribution in [0.5, 0.6) is 0 Å². The molecule has 5 nitrogen and oxygen atoms in total. The van der Waals surface area contributed by atoms with Crippen LogP contribution in [-0.4, -0.2) is 29.5 Å². The molecule has 1 aromatic carbocycles. The SMILES string of the molecule is CCOC(=O)c1ccc(NCC(=O)c2cc(C)n(C(C)(C)C)c2C)cc1. The zero-order chi connectivity index (χ0) is 19.5. The summed E-state index contributed by atoms with van der Waals surface area (Å²) in [5.74, 6) is -0.298. The molecule has 0 aliphatic heterocycles. The first-order chi connectivity index (χ1) is 12.1. The van der Waals surface area contributed by atoms with Crippen molar-refractivity contribution < 1.29 is 14.3 Å². The zero-order valence-electron chi connectivity index (χ0n) is 16.5. The number of hydrogen-bond acceptors (Lipinski definition) is 4. The molecule has 5 heteroatoms. The fourth-order valence-corrected chi connectivity index (χ4v) is 3.29. The van der Waals surface area contributed by atoms with Crippen molar-refractivity contribution in [3.8, 4) is 0 Å². The molecule has 1 N–H and O–H groups in total. The second-order valence-corrected chi connectivity index (χ2v) is 7.37. The number of nitrogens with one attached hydrogen (secondary N) is 1. The summed E-state index contributed by atoms with van der Waals surface area (Å²) in [6.45, 7) is 12.7. The summed E-state index contributed by atoms with van der Waals surface area (Å²) in [6, 6.07) is 8.89. The predicted molar refractivity (Wildman–Crippen MR) is 104 cm³/mol. The summed E-state index contributed by atoms with van der Waals surface area (Å²) in [5, 5.41) is 3.12. The molecule has 0 bridgehead atoms.